The van der Waals surface area contributed by atoms with Crippen molar-refractivity contribution in [2.24, 2.45) is 45.3 Å². The highest BCUT2D eigenvalue weighted by molar-refractivity contribution is 5.85. The van der Waals surface area contributed by atoms with Crippen molar-refractivity contribution in [1.82, 2.24) is 0 Å². The summed E-state index contributed by atoms with van der Waals surface area (Å²) < 4.78 is 0. The lowest BCUT2D eigenvalue weighted by Gasteiger charge is -2.61. The summed E-state index contributed by atoms with van der Waals surface area (Å²) in [4.78, 5) is 22.7. The van der Waals surface area contributed by atoms with Crippen LogP contribution in [-0.4, -0.2) is 22.2 Å². The van der Waals surface area contributed by atoms with Gasteiger partial charge in [0.25, 0.3) is 0 Å². The lowest BCUT2D eigenvalue weighted by Crippen LogP contribution is -2.54. The highest BCUT2D eigenvalue weighted by Gasteiger charge is 2.80. The van der Waals surface area contributed by atoms with Gasteiger partial charge in [-0.1, -0.05) is 39.0 Å². The number of rotatable bonds is 9. The fourth-order valence-electron chi connectivity index (χ4n) is 10.1. The minimum atomic E-state index is -0.813. The highest BCUT2D eigenvalue weighted by atomic mass is 16.4. The molecule has 0 heterocycles. The Balaban J connectivity index is 1.56. The van der Waals surface area contributed by atoms with Crippen LogP contribution >= 0.6 is 0 Å². The molecule has 4 fully saturated rings. The second-order valence-electron chi connectivity index (χ2n) is 13.1. The summed E-state index contributed by atoms with van der Waals surface area (Å²) in [6.07, 6.45) is 13.6. The molecule has 190 valence electrons. The van der Waals surface area contributed by atoms with Gasteiger partial charge >= 0.3 is 11.9 Å². The average molecular weight is 471 g/mol. The van der Waals surface area contributed by atoms with Gasteiger partial charge in [0.2, 0.25) is 0 Å². The first-order valence-electron chi connectivity index (χ1n) is 13.6. The van der Waals surface area contributed by atoms with Crippen LogP contribution in [0, 0.1) is 45.3 Å². The van der Waals surface area contributed by atoms with Crippen LogP contribution in [0.25, 0.3) is 0 Å². The molecule has 4 aliphatic rings. The Hall–Kier alpha value is -1.58. The van der Waals surface area contributed by atoms with Crippen molar-refractivity contribution in [3.63, 3.8) is 0 Å². The molecule has 0 aromatic heterocycles. The fraction of sp³-hybridized carbons (Fsp3) is 0.800. The van der Waals surface area contributed by atoms with Crippen LogP contribution in [0.5, 0.6) is 0 Å². The fourth-order valence-corrected chi connectivity index (χ4v) is 10.1. The van der Waals surface area contributed by atoms with Crippen LogP contribution in [0.2, 0.25) is 0 Å². The third-order valence-electron chi connectivity index (χ3n) is 12.0. The molecule has 0 aliphatic heterocycles. The lowest BCUT2D eigenvalue weighted by atomic mass is 9.43. The van der Waals surface area contributed by atoms with Gasteiger partial charge in [0.1, 0.15) is 0 Å². The molecule has 0 aromatic rings. The maximum Gasteiger partial charge on any atom is 0.330 e. The van der Waals surface area contributed by atoms with E-state index in [1.807, 2.05) is 6.08 Å². The molecule has 0 saturated heterocycles. The van der Waals surface area contributed by atoms with Gasteiger partial charge in [-0.3, -0.25) is 4.79 Å². The molecule has 0 aromatic carbocycles. The summed E-state index contributed by atoms with van der Waals surface area (Å²) >= 11 is 0. The van der Waals surface area contributed by atoms with E-state index >= 15 is 0 Å². The van der Waals surface area contributed by atoms with Crippen LogP contribution in [-0.2, 0) is 9.59 Å². The summed E-state index contributed by atoms with van der Waals surface area (Å²) in [6, 6.07) is 0. The number of allylic oxidation sites excluding steroid dienone is 2. The second kappa shape index (κ2) is 8.52. The second-order valence-corrected chi connectivity index (χ2v) is 13.1. The van der Waals surface area contributed by atoms with Gasteiger partial charge in [0.15, 0.2) is 0 Å². The van der Waals surface area contributed by atoms with E-state index in [0.29, 0.717) is 45.5 Å². The zero-order valence-corrected chi connectivity index (χ0v) is 22.1. The van der Waals surface area contributed by atoms with E-state index in [2.05, 4.69) is 34.3 Å². The van der Waals surface area contributed by atoms with Crippen LogP contribution in [0.15, 0.2) is 23.8 Å². The third kappa shape index (κ3) is 3.53. The predicted molar refractivity (Wildman–Crippen MR) is 135 cm³/mol. The Morgan fingerprint density at radius 1 is 1.06 bits per heavy atom. The standard InChI is InChI=1S/C30H46O4/c1-19(2)22-10-11-24-28(6)14-12-23(20(3)8-7-9-21(4)26(33)34)27(28,5)16-17-30(24)18-29(22,30)15-13-25(31)32/h9,20,22-24H,1,7-8,10-18H2,2-6H3,(H,31,32)(H,33,34)/t20-,22+,23-,24+,27-,28+,29-,30+/m1/s1. The average Bonchev–Trinajstić information content (AvgIpc) is 3.35. The van der Waals surface area contributed by atoms with E-state index in [4.69, 9.17) is 5.11 Å². The van der Waals surface area contributed by atoms with E-state index < -0.39 is 11.9 Å². The normalized spacial score (nSPS) is 43.9. The first-order chi connectivity index (χ1) is 15.8. The lowest BCUT2D eigenvalue weighted by molar-refractivity contribution is -0.139. The predicted octanol–water partition coefficient (Wildman–Crippen LogP) is 7.49. The number of carbonyl (C=O) groups is 2. The molecule has 2 N–H and O–H groups in total. The van der Waals surface area contributed by atoms with Gasteiger partial charge in [-0.2, -0.15) is 0 Å². The maximum atomic E-state index is 11.6. The van der Waals surface area contributed by atoms with Crippen LogP contribution in [0.4, 0.5) is 0 Å². The number of hydrogen-bond acceptors (Lipinski definition) is 2. The summed E-state index contributed by atoms with van der Waals surface area (Å²) in [5, 5.41) is 18.7. The molecule has 34 heavy (non-hydrogen) atoms. The van der Waals surface area contributed by atoms with Crippen molar-refractivity contribution in [2.75, 3.05) is 0 Å². The Kier molecular flexibility index (Phi) is 6.39. The van der Waals surface area contributed by atoms with Crippen molar-refractivity contribution in [3.8, 4) is 0 Å². The van der Waals surface area contributed by atoms with Gasteiger partial charge in [0.05, 0.1) is 0 Å². The molecule has 4 nitrogen and oxygen atoms in total. The van der Waals surface area contributed by atoms with E-state index in [1.165, 1.54) is 50.5 Å². The van der Waals surface area contributed by atoms with E-state index in [9.17, 15) is 14.7 Å². The monoisotopic (exact) mass is 470 g/mol. The minimum absolute atomic E-state index is 0.160. The molecular formula is C30H46O4. The van der Waals surface area contributed by atoms with Crippen LogP contribution in [0.1, 0.15) is 105 Å². The minimum Gasteiger partial charge on any atom is -0.481 e. The van der Waals surface area contributed by atoms with Crippen LogP contribution < -0.4 is 0 Å². The zero-order valence-electron chi connectivity index (χ0n) is 22.1. The Morgan fingerprint density at radius 3 is 2.38 bits per heavy atom. The van der Waals surface area contributed by atoms with Crippen molar-refractivity contribution in [2.45, 2.75) is 105 Å². The largest absolute Gasteiger partial charge is 0.481 e. The Bertz CT molecular complexity index is 903. The van der Waals surface area contributed by atoms with Gasteiger partial charge in [-0.05, 0) is 123 Å². The zero-order chi connectivity index (χ0) is 25.1. The van der Waals surface area contributed by atoms with Gasteiger partial charge < -0.3 is 10.2 Å². The SMILES string of the molecule is C=C(C)[C@@H]1CC[C@@H]2[C@]3(CC[C@]4(C)[C@@H]([C@H](C)CCC=C(C)C(=O)O)CC[C@@]24C)C[C@]13CCC(=O)O. The summed E-state index contributed by atoms with van der Waals surface area (Å²) in [6.45, 7) is 15.8. The molecule has 8 atom stereocenters. The molecule has 4 saturated carbocycles. The Labute approximate surface area is 206 Å². The van der Waals surface area contributed by atoms with Gasteiger partial charge in [0, 0.05) is 12.0 Å². The summed E-state index contributed by atoms with van der Waals surface area (Å²) in [5.74, 6) is 0.964. The molecule has 4 heteroatoms. The van der Waals surface area contributed by atoms with E-state index in [1.54, 1.807) is 6.92 Å². The highest BCUT2D eigenvalue weighted by Crippen LogP contribution is 2.87. The summed E-state index contributed by atoms with van der Waals surface area (Å²) in [7, 11) is 0. The van der Waals surface area contributed by atoms with Gasteiger partial charge in [-0.15, -0.1) is 0 Å². The molecule has 1 spiro atoms. The Morgan fingerprint density at radius 2 is 1.76 bits per heavy atom. The first kappa shape index (κ1) is 25.5. The molecular weight excluding hydrogens is 424 g/mol. The molecule has 4 rings (SSSR count). The molecule has 0 bridgehead atoms. The van der Waals surface area contributed by atoms with Crippen LogP contribution in [0.3, 0.4) is 0 Å². The number of aliphatic carboxylic acids is 2. The topological polar surface area (TPSA) is 74.6 Å². The number of carboxylic acid groups (broad SMARTS) is 2. The van der Waals surface area contributed by atoms with Crippen molar-refractivity contribution in [1.29, 1.82) is 0 Å². The third-order valence-corrected chi connectivity index (χ3v) is 12.0. The molecule has 0 amide bonds. The first-order valence-corrected chi connectivity index (χ1v) is 13.6. The quantitative estimate of drug-likeness (QED) is 0.270. The van der Waals surface area contributed by atoms with Crippen molar-refractivity contribution in [3.05, 3.63) is 23.8 Å². The smallest absolute Gasteiger partial charge is 0.330 e. The molecule has 0 radical (unpaired) electrons. The van der Waals surface area contributed by atoms with Crippen molar-refractivity contribution >= 4 is 11.9 Å². The number of fused-ring (bicyclic) bond motifs is 2. The molecule has 4 aliphatic carbocycles. The van der Waals surface area contributed by atoms with E-state index in [0.717, 1.165) is 19.3 Å². The summed E-state index contributed by atoms with van der Waals surface area (Å²) in [5.41, 5.74) is 2.81. The number of hydrogen-bond donors (Lipinski definition) is 2. The van der Waals surface area contributed by atoms with Crippen molar-refractivity contribution < 1.29 is 19.8 Å². The van der Waals surface area contributed by atoms with E-state index in [-0.39, 0.29) is 11.8 Å². The number of carboxylic acids is 2. The molecule has 0 unspecified atom stereocenters. The van der Waals surface area contributed by atoms with Gasteiger partial charge in [-0.25, -0.2) is 4.79 Å². The maximum absolute atomic E-state index is 11.6.